The monoisotopic (exact) mass is 424 g/mol. The van der Waals surface area contributed by atoms with Crippen molar-refractivity contribution in [3.05, 3.63) is 59.8 Å². The Kier molecular flexibility index (Phi) is 7.72. The van der Waals surface area contributed by atoms with Crippen molar-refractivity contribution >= 4 is 23.6 Å². The quantitative estimate of drug-likeness (QED) is 0.661. The second-order valence-electron chi connectivity index (χ2n) is 7.60. The van der Waals surface area contributed by atoms with E-state index in [9.17, 15) is 14.4 Å². The number of piperidine rings is 1. The first-order valence-electron chi connectivity index (χ1n) is 10.4. The van der Waals surface area contributed by atoms with Crippen LogP contribution in [0.2, 0.25) is 0 Å². The predicted octanol–water partition coefficient (Wildman–Crippen LogP) is 2.22. The molecule has 3 rings (SSSR count). The summed E-state index contributed by atoms with van der Waals surface area (Å²) in [6.45, 7) is 3.63. The summed E-state index contributed by atoms with van der Waals surface area (Å²) < 4.78 is 4.68. The van der Waals surface area contributed by atoms with E-state index in [0.29, 0.717) is 43.9 Å². The lowest BCUT2D eigenvalue weighted by molar-refractivity contribution is -0.127. The smallest absolute Gasteiger partial charge is 0.337 e. The van der Waals surface area contributed by atoms with Crippen molar-refractivity contribution in [1.29, 1.82) is 0 Å². The highest BCUT2D eigenvalue weighted by Crippen LogP contribution is 2.20. The third-order valence-electron chi connectivity index (χ3n) is 5.59. The molecule has 0 bridgehead atoms. The maximum atomic E-state index is 12.6. The lowest BCUT2D eigenvalue weighted by Crippen LogP contribution is -2.49. The van der Waals surface area contributed by atoms with Crippen LogP contribution in [0.25, 0.3) is 0 Å². The van der Waals surface area contributed by atoms with Crippen molar-refractivity contribution in [2.24, 2.45) is 5.92 Å². The molecule has 1 atom stereocenters. The summed E-state index contributed by atoms with van der Waals surface area (Å²) >= 11 is 0. The Balaban J connectivity index is 1.43. The topological polar surface area (TPSA) is 101 Å². The van der Waals surface area contributed by atoms with E-state index >= 15 is 0 Å². The van der Waals surface area contributed by atoms with Gasteiger partial charge in [-0.25, -0.2) is 9.78 Å². The van der Waals surface area contributed by atoms with Gasteiger partial charge in [-0.2, -0.15) is 0 Å². The number of hydrogen-bond acceptors (Lipinski definition) is 6. The Morgan fingerprint density at radius 1 is 1.13 bits per heavy atom. The number of carbonyl (C=O) groups is 3. The lowest BCUT2D eigenvalue weighted by Gasteiger charge is -2.34. The van der Waals surface area contributed by atoms with Crippen LogP contribution in [0.4, 0.5) is 5.82 Å². The van der Waals surface area contributed by atoms with Gasteiger partial charge in [-0.3, -0.25) is 14.5 Å². The normalized spacial score (nSPS) is 15.7. The van der Waals surface area contributed by atoms with E-state index in [-0.39, 0.29) is 29.7 Å². The zero-order valence-corrected chi connectivity index (χ0v) is 17.8. The first-order chi connectivity index (χ1) is 15.0. The minimum atomic E-state index is -0.388. The number of nitrogens with zero attached hydrogens (tertiary/aromatic N) is 2. The molecule has 1 fully saturated rings. The van der Waals surface area contributed by atoms with E-state index < -0.39 is 0 Å². The number of rotatable bonds is 7. The van der Waals surface area contributed by atoms with Gasteiger partial charge < -0.3 is 15.4 Å². The summed E-state index contributed by atoms with van der Waals surface area (Å²) in [5.74, 6) is 0.00440. The van der Waals surface area contributed by atoms with Crippen molar-refractivity contribution in [3.8, 4) is 0 Å². The fourth-order valence-corrected chi connectivity index (χ4v) is 3.59. The van der Waals surface area contributed by atoms with Crippen LogP contribution >= 0.6 is 0 Å². The number of benzene rings is 1. The zero-order valence-electron chi connectivity index (χ0n) is 17.8. The van der Waals surface area contributed by atoms with Crippen molar-refractivity contribution in [1.82, 2.24) is 15.2 Å². The number of likely N-dealkylation sites (tertiary alicyclic amines) is 1. The maximum absolute atomic E-state index is 12.6. The Labute approximate surface area is 182 Å². The predicted molar refractivity (Wildman–Crippen MR) is 116 cm³/mol. The van der Waals surface area contributed by atoms with E-state index in [0.717, 1.165) is 5.56 Å². The second-order valence-corrected chi connectivity index (χ2v) is 7.60. The highest BCUT2D eigenvalue weighted by molar-refractivity contribution is 5.91. The first kappa shape index (κ1) is 22.4. The molecule has 0 radical (unpaired) electrons. The molecule has 31 heavy (non-hydrogen) atoms. The second kappa shape index (κ2) is 10.7. The van der Waals surface area contributed by atoms with Gasteiger partial charge in [0.05, 0.1) is 18.7 Å². The Morgan fingerprint density at radius 3 is 2.45 bits per heavy atom. The Bertz CT molecular complexity index is 894. The van der Waals surface area contributed by atoms with Gasteiger partial charge in [0.1, 0.15) is 5.82 Å². The van der Waals surface area contributed by atoms with Crippen LogP contribution < -0.4 is 10.6 Å². The van der Waals surface area contributed by atoms with Crippen LogP contribution in [0.15, 0.2) is 48.7 Å². The molecule has 0 spiro atoms. The number of anilines is 1. The summed E-state index contributed by atoms with van der Waals surface area (Å²) in [5.41, 5.74) is 1.37. The Morgan fingerprint density at radius 2 is 1.84 bits per heavy atom. The minimum Gasteiger partial charge on any atom is -0.465 e. The van der Waals surface area contributed by atoms with Gasteiger partial charge in [0, 0.05) is 18.7 Å². The van der Waals surface area contributed by atoms with Crippen LogP contribution in [0, 0.1) is 5.92 Å². The summed E-state index contributed by atoms with van der Waals surface area (Å²) in [7, 11) is 1.34. The van der Waals surface area contributed by atoms with Crippen molar-refractivity contribution in [2.75, 3.05) is 25.5 Å². The molecule has 1 saturated heterocycles. The van der Waals surface area contributed by atoms with Crippen LogP contribution in [0.5, 0.6) is 0 Å². The summed E-state index contributed by atoms with van der Waals surface area (Å²) in [5, 5.41) is 5.80. The molecule has 1 aliphatic heterocycles. The lowest BCUT2D eigenvalue weighted by atomic mass is 9.95. The molecule has 1 aliphatic rings. The van der Waals surface area contributed by atoms with Gasteiger partial charge >= 0.3 is 5.97 Å². The van der Waals surface area contributed by atoms with E-state index in [4.69, 9.17) is 0 Å². The largest absolute Gasteiger partial charge is 0.465 e. The number of ether oxygens (including phenoxy) is 1. The molecular formula is C23H28N4O4. The first-order valence-corrected chi connectivity index (χ1v) is 10.4. The number of nitrogens with one attached hydrogen (secondary N) is 2. The SMILES string of the molecule is COC(=O)c1ccc(CNC(=O)C(C)N2CCC(C(=O)Nc3ccccn3)CC2)cc1. The molecule has 1 unspecified atom stereocenters. The molecule has 2 aromatic rings. The van der Waals surface area contributed by atoms with Gasteiger partial charge in [-0.15, -0.1) is 0 Å². The molecule has 0 saturated carbocycles. The van der Waals surface area contributed by atoms with E-state index in [2.05, 4.69) is 25.3 Å². The molecule has 2 N–H and O–H groups in total. The maximum Gasteiger partial charge on any atom is 0.337 e. The van der Waals surface area contributed by atoms with Gasteiger partial charge in [-0.1, -0.05) is 18.2 Å². The van der Waals surface area contributed by atoms with Gasteiger partial charge in [0.25, 0.3) is 0 Å². The number of pyridine rings is 1. The molecule has 164 valence electrons. The molecule has 1 aromatic carbocycles. The minimum absolute atomic E-state index is 0.0224. The number of methoxy groups -OCH3 is 1. The third kappa shape index (κ3) is 6.11. The molecular weight excluding hydrogens is 396 g/mol. The summed E-state index contributed by atoms with van der Waals surface area (Å²) in [6, 6.07) is 12.1. The molecule has 8 heteroatoms. The molecule has 2 heterocycles. The van der Waals surface area contributed by atoms with E-state index in [1.165, 1.54) is 7.11 Å². The van der Waals surface area contributed by atoms with Crippen LogP contribution in [0.1, 0.15) is 35.7 Å². The molecule has 8 nitrogen and oxygen atoms in total. The average molecular weight is 425 g/mol. The van der Waals surface area contributed by atoms with Crippen LogP contribution in [0.3, 0.4) is 0 Å². The van der Waals surface area contributed by atoms with Gasteiger partial charge in [0.2, 0.25) is 11.8 Å². The van der Waals surface area contributed by atoms with Gasteiger partial charge in [-0.05, 0) is 62.7 Å². The molecule has 2 amide bonds. The standard InChI is InChI=1S/C23H28N4O4/c1-16(21(28)25-15-17-6-8-19(9-7-17)23(30)31-2)27-13-10-18(11-14-27)22(29)26-20-5-3-4-12-24-20/h3-9,12,16,18H,10-11,13-15H2,1-2H3,(H,25,28)(H,24,26,29). The fourth-order valence-electron chi connectivity index (χ4n) is 3.59. The van der Waals surface area contributed by atoms with E-state index in [1.807, 2.05) is 13.0 Å². The fraction of sp³-hybridized carbons (Fsp3) is 0.391. The van der Waals surface area contributed by atoms with E-state index in [1.54, 1.807) is 42.6 Å². The van der Waals surface area contributed by atoms with Crippen molar-refractivity contribution in [2.45, 2.75) is 32.4 Å². The average Bonchev–Trinajstić information content (AvgIpc) is 2.82. The number of amides is 2. The highest BCUT2D eigenvalue weighted by atomic mass is 16.5. The zero-order chi connectivity index (χ0) is 22.2. The molecule has 1 aromatic heterocycles. The number of aromatic nitrogens is 1. The summed E-state index contributed by atoms with van der Waals surface area (Å²) in [4.78, 5) is 42.7. The van der Waals surface area contributed by atoms with Gasteiger partial charge in [0.15, 0.2) is 0 Å². The van der Waals surface area contributed by atoms with Crippen LogP contribution in [-0.2, 0) is 20.9 Å². The van der Waals surface area contributed by atoms with Crippen molar-refractivity contribution < 1.29 is 19.1 Å². The molecule has 0 aliphatic carbocycles. The third-order valence-corrected chi connectivity index (χ3v) is 5.59. The van der Waals surface area contributed by atoms with Crippen molar-refractivity contribution in [3.63, 3.8) is 0 Å². The number of esters is 1. The highest BCUT2D eigenvalue weighted by Gasteiger charge is 2.29. The van der Waals surface area contributed by atoms with Crippen LogP contribution in [-0.4, -0.2) is 53.9 Å². The Hall–Kier alpha value is -3.26. The number of hydrogen-bond donors (Lipinski definition) is 2. The number of carbonyl (C=O) groups excluding carboxylic acids is 3. The summed E-state index contributed by atoms with van der Waals surface area (Å²) in [6.07, 6.45) is 3.04.